The van der Waals surface area contributed by atoms with Crippen LogP contribution in [0.5, 0.6) is 5.75 Å². The second kappa shape index (κ2) is 7.30. The molecule has 0 aliphatic rings. The molecule has 0 fully saturated rings. The van der Waals surface area contributed by atoms with E-state index in [1.54, 1.807) is 7.11 Å². The molecular weight excluding hydrogens is 214 g/mol. The summed E-state index contributed by atoms with van der Waals surface area (Å²) < 4.78 is 10.8. The molecule has 0 aliphatic carbocycles. The molecule has 0 spiro atoms. The summed E-state index contributed by atoms with van der Waals surface area (Å²) in [7, 11) is 3.66. The summed E-state index contributed by atoms with van der Waals surface area (Å²) in [6.07, 6.45) is 1.25. The van der Waals surface area contributed by atoms with E-state index in [0.29, 0.717) is 6.04 Å². The van der Waals surface area contributed by atoms with E-state index in [0.717, 1.165) is 18.8 Å². The van der Waals surface area contributed by atoms with Crippen molar-refractivity contribution in [2.45, 2.75) is 32.4 Å². The molecule has 0 amide bonds. The zero-order valence-corrected chi connectivity index (χ0v) is 11.2. The van der Waals surface area contributed by atoms with E-state index in [9.17, 15) is 0 Å². The molecule has 1 unspecified atom stereocenters. The zero-order valence-electron chi connectivity index (χ0n) is 11.2. The molecule has 1 aromatic rings. The third kappa shape index (κ3) is 4.75. The van der Waals surface area contributed by atoms with Gasteiger partial charge in [-0.05, 0) is 45.0 Å². The fourth-order valence-corrected chi connectivity index (χ4v) is 1.76. The number of nitrogens with one attached hydrogen (secondary N) is 1. The minimum Gasteiger partial charge on any atom is -0.497 e. The normalized spacial score (nSPS) is 12.8. The maximum Gasteiger partial charge on any atom is 0.119 e. The minimum atomic E-state index is 0.290. The monoisotopic (exact) mass is 237 g/mol. The maximum absolute atomic E-state index is 5.58. The molecule has 0 heterocycles. The van der Waals surface area contributed by atoms with Gasteiger partial charge in [0.1, 0.15) is 5.75 Å². The van der Waals surface area contributed by atoms with Crippen molar-refractivity contribution in [1.82, 2.24) is 5.32 Å². The summed E-state index contributed by atoms with van der Waals surface area (Å²) in [5.74, 6) is 0.896. The third-order valence-corrected chi connectivity index (χ3v) is 2.70. The first-order chi connectivity index (χ1) is 8.17. The van der Waals surface area contributed by atoms with Gasteiger partial charge in [-0.25, -0.2) is 0 Å². The number of methoxy groups -OCH3 is 1. The van der Waals surface area contributed by atoms with E-state index in [1.165, 1.54) is 5.56 Å². The van der Waals surface area contributed by atoms with Gasteiger partial charge in [0.25, 0.3) is 0 Å². The van der Waals surface area contributed by atoms with Crippen LogP contribution in [0.15, 0.2) is 24.3 Å². The summed E-state index contributed by atoms with van der Waals surface area (Å²) in [5, 5.41) is 3.31. The van der Waals surface area contributed by atoms with Crippen molar-refractivity contribution >= 4 is 0 Å². The highest BCUT2D eigenvalue weighted by atomic mass is 16.5. The molecule has 0 saturated carbocycles. The Morgan fingerprint density at radius 1 is 1.29 bits per heavy atom. The Labute approximate surface area is 104 Å². The van der Waals surface area contributed by atoms with Crippen LogP contribution in [0, 0.1) is 0 Å². The molecule has 0 bridgehead atoms. The van der Waals surface area contributed by atoms with Gasteiger partial charge in [0.2, 0.25) is 0 Å². The van der Waals surface area contributed by atoms with Crippen molar-refractivity contribution in [3.05, 3.63) is 29.8 Å². The van der Waals surface area contributed by atoms with Gasteiger partial charge in [0.15, 0.2) is 0 Å². The van der Waals surface area contributed by atoms with E-state index in [4.69, 9.17) is 9.47 Å². The predicted octanol–water partition coefficient (Wildman–Crippen LogP) is 2.77. The largest absolute Gasteiger partial charge is 0.497 e. The summed E-state index contributed by atoms with van der Waals surface area (Å²) >= 11 is 0. The Bertz CT molecular complexity index is 326. The number of rotatable bonds is 7. The highest BCUT2D eigenvalue weighted by Crippen LogP contribution is 2.21. The van der Waals surface area contributed by atoms with Gasteiger partial charge in [-0.3, -0.25) is 0 Å². The summed E-state index contributed by atoms with van der Waals surface area (Å²) in [6.45, 7) is 4.88. The highest BCUT2D eigenvalue weighted by molar-refractivity contribution is 5.30. The lowest BCUT2D eigenvalue weighted by atomic mass is 10.0. The molecule has 17 heavy (non-hydrogen) atoms. The maximum atomic E-state index is 5.58. The molecule has 1 aromatic carbocycles. The molecule has 0 saturated heterocycles. The Balaban J connectivity index is 2.59. The van der Waals surface area contributed by atoms with Crippen molar-refractivity contribution in [3.63, 3.8) is 0 Å². The fourth-order valence-electron chi connectivity index (χ4n) is 1.76. The lowest BCUT2D eigenvalue weighted by Crippen LogP contribution is -2.19. The van der Waals surface area contributed by atoms with Crippen LogP contribution in [0.4, 0.5) is 0 Å². The van der Waals surface area contributed by atoms with Crippen LogP contribution in [0.3, 0.4) is 0 Å². The molecule has 0 aromatic heterocycles. The van der Waals surface area contributed by atoms with E-state index >= 15 is 0 Å². The first-order valence-corrected chi connectivity index (χ1v) is 6.10. The number of benzene rings is 1. The first kappa shape index (κ1) is 14.0. The standard InChI is InChI=1S/C14H23NO2/c1-11(2)17-9-8-14(15-3)12-6-5-7-13(10-12)16-4/h5-7,10-11,14-15H,8-9H2,1-4H3. The molecule has 96 valence electrons. The number of ether oxygens (including phenoxy) is 2. The van der Waals surface area contributed by atoms with Crippen molar-refractivity contribution in [3.8, 4) is 5.75 Å². The molecule has 3 nitrogen and oxygen atoms in total. The Morgan fingerprint density at radius 3 is 2.65 bits per heavy atom. The quantitative estimate of drug-likeness (QED) is 0.791. The molecular formula is C14H23NO2. The van der Waals surface area contributed by atoms with Crippen LogP contribution in [0.2, 0.25) is 0 Å². The van der Waals surface area contributed by atoms with Crippen molar-refractivity contribution in [2.24, 2.45) is 0 Å². The van der Waals surface area contributed by atoms with Crippen LogP contribution in [0.1, 0.15) is 31.9 Å². The van der Waals surface area contributed by atoms with Crippen LogP contribution >= 0.6 is 0 Å². The van der Waals surface area contributed by atoms with Crippen molar-refractivity contribution in [2.75, 3.05) is 20.8 Å². The van der Waals surface area contributed by atoms with Crippen LogP contribution in [-0.2, 0) is 4.74 Å². The van der Waals surface area contributed by atoms with E-state index < -0.39 is 0 Å². The summed E-state index contributed by atoms with van der Waals surface area (Å²) in [4.78, 5) is 0. The molecule has 1 N–H and O–H groups in total. The van der Waals surface area contributed by atoms with Gasteiger partial charge in [-0.1, -0.05) is 12.1 Å². The number of hydrogen-bond acceptors (Lipinski definition) is 3. The second-order valence-electron chi connectivity index (χ2n) is 4.33. The van der Waals surface area contributed by atoms with Crippen LogP contribution in [0.25, 0.3) is 0 Å². The van der Waals surface area contributed by atoms with E-state index in [2.05, 4.69) is 31.3 Å². The number of hydrogen-bond donors (Lipinski definition) is 1. The highest BCUT2D eigenvalue weighted by Gasteiger charge is 2.10. The molecule has 0 aliphatic heterocycles. The van der Waals surface area contributed by atoms with Gasteiger partial charge in [0.05, 0.1) is 13.2 Å². The van der Waals surface area contributed by atoms with Gasteiger partial charge < -0.3 is 14.8 Å². The van der Waals surface area contributed by atoms with Crippen LogP contribution in [-0.4, -0.2) is 26.9 Å². The van der Waals surface area contributed by atoms with E-state index in [-0.39, 0.29) is 6.10 Å². The average Bonchev–Trinajstić information content (AvgIpc) is 2.34. The molecule has 1 rings (SSSR count). The Kier molecular flexibility index (Phi) is 6.01. The predicted molar refractivity (Wildman–Crippen MR) is 70.5 cm³/mol. The van der Waals surface area contributed by atoms with E-state index in [1.807, 2.05) is 19.2 Å². The molecule has 0 radical (unpaired) electrons. The summed E-state index contributed by atoms with van der Waals surface area (Å²) in [5.41, 5.74) is 1.24. The third-order valence-electron chi connectivity index (χ3n) is 2.70. The molecule has 3 heteroatoms. The van der Waals surface area contributed by atoms with Gasteiger partial charge >= 0.3 is 0 Å². The topological polar surface area (TPSA) is 30.5 Å². The molecule has 1 atom stereocenters. The smallest absolute Gasteiger partial charge is 0.119 e. The van der Waals surface area contributed by atoms with Crippen molar-refractivity contribution in [1.29, 1.82) is 0 Å². The second-order valence-corrected chi connectivity index (χ2v) is 4.33. The lowest BCUT2D eigenvalue weighted by Gasteiger charge is -2.18. The Hall–Kier alpha value is -1.06. The van der Waals surface area contributed by atoms with Crippen molar-refractivity contribution < 1.29 is 9.47 Å². The minimum absolute atomic E-state index is 0.290. The summed E-state index contributed by atoms with van der Waals surface area (Å²) in [6, 6.07) is 8.46. The van der Waals surface area contributed by atoms with Crippen LogP contribution < -0.4 is 10.1 Å². The Morgan fingerprint density at radius 2 is 2.06 bits per heavy atom. The van der Waals surface area contributed by atoms with Gasteiger partial charge in [0, 0.05) is 12.6 Å². The van der Waals surface area contributed by atoms with Gasteiger partial charge in [-0.15, -0.1) is 0 Å². The fraction of sp³-hybridized carbons (Fsp3) is 0.571. The lowest BCUT2D eigenvalue weighted by molar-refractivity contribution is 0.0719. The van der Waals surface area contributed by atoms with Gasteiger partial charge in [-0.2, -0.15) is 0 Å². The average molecular weight is 237 g/mol. The first-order valence-electron chi connectivity index (χ1n) is 6.10. The SMILES string of the molecule is CNC(CCOC(C)C)c1cccc(OC)c1. The zero-order chi connectivity index (χ0) is 12.7.